The molecule has 0 fully saturated rings. The molecule has 0 atom stereocenters. The van der Waals surface area contributed by atoms with Gasteiger partial charge in [0.2, 0.25) is 0 Å². The van der Waals surface area contributed by atoms with Gasteiger partial charge in [-0.05, 0) is 32.9 Å². The van der Waals surface area contributed by atoms with Crippen molar-refractivity contribution in [2.24, 2.45) is 0 Å². The van der Waals surface area contributed by atoms with Crippen molar-refractivity contribution in [3.8, 4) is 0 Å². The van der Waals surface area contributed by atoms with Crippen molar-refractivity contribution in [3.05, 3.63) is 30.2 Å². The first-order valence-corrected chi connectivity index (χ1v) is 5.01. The second-order valence-corrected chi connectivity index (χ2v) is 4.37. The van der Waals surface area contributed by atoms with Gasteiger partial charge >= 0.3 is 5.97 Å². The molecule has 0 bridgehead atoms. The van der Waals surface area contributed by atoms with E-state index < -0.39 is 23.1 Å². The van der Waals surface area contributed by atoms with Gasteiger partial charge in [0, 0.05) is 24.9 Å². The number of carbonyl (C=O) groups is 2. The van der Waals surface area contributed by atoms with E-state index in [0.717, 1.165) is 6.08 Å². The van der Waals surface area contributed by atoms with Gasteiger partial charge in [0.05, 0.1) is 6.26 Å². The van der Waals surface area contributed by atoms with Gasteiger partial charge in [-0.25, -0.2) is 4.79 Å². The molecule has 0 spiro atoms. The fourth-order valence-electron chi connectivity index (χ4n) is 1.01. The van der Waals surface area contributed by atoms with E-state index >= 15 is 0 Å². The van der Waals surface area contributed by atoms with Crippen LogP contribution in [-0.2, 0) is 14.3 Å². The molecule has 93 valence electrons. The van der Waals surface area contributed by atoms with Crippen LogP contribution in [0.5, 0.6) is 0 Å². The molecule has 0 saturated carbocycles. The first-order chi connectivity index (χ1) is 7.79. The van der Waals surface area contributed by atoms with Gasteiger partial charge in [-0.1, -0.05) is 0 Å². The molecular weight excluding hydrogens is 231 g/mol. The van der Waals surface area contributed by atoms with E-state index in [-0.39, 0.29) is 24.6 Å². The third-order valence-electron chi connectivity index (χ3n) is 1.64. The molecule has 1 aromatic rings. The minimum absolute atomic E-state index is 0. The quantitative estimate of drug-likeness (QED) is 0.288. The SMILES string of the molecule is CC(C)(C)OC(=O)C(=O)/C=C(\O)c1ccco1.[Li]. The Labute approximate surface area is 117 Å². The Morgan fingerprint density at radius 1 is 1.39 bits per heavy atom. The number of hydrogen-bond donors (Lipinski definition) is 1. The average Bonchev–Trinajstić information content (AvgIpc) is 2.67. The number of aliphatic hydroxyl groups is 1. The molecule has 0 aliphatic carbocycles. The van der Waals surface area contributed by atoms with Crippen LogP contribution in [0, 0.1) is 0 Å². The molecule has 0 unspecified atom stereocenters. The number of hydrogen-bond acceptors (Lipinski definition) is 5. The van der Waals surface area contributed by atoms with Crippen molar-refractivity contribution >= 4 is 36.4 Å². The summed E-state index contributed by atoms with van der Waals surface area (Å²) in [5.41, 5.74) is -0.749. The van der Waals surface area contributed by atoms with Crippen LogP contribution < -0.4 is 0 Å². The molecule has 0 amide bonds. The van der Waals surface area contributed by atoms with Gasteiger partial charge in [0.1, 0.15) is 5.60 Å². The van der Waals surface area contributed by atoms with Gasteiger partial charge in [-0.15, -0.1) is 0 Å². The zero-order chi connectivity index (χ0) is 13.1. The van der Waals surface area contributed by atoms with Crippen molar-refractivity contribution in [2.75, 3.05) is 0 Å². The smallest absolute Gasteiger partial charge is 0.379 e. The van der Waals surface area contributed by atoms with Crippen LogP contribution in [0.15, 0.2) is 28.9 Å². The van der Waals surface area contributed by atoms with E-state index in [1.807, 2.05) is 0 Å². The summed E-state index contributed by atoms with van der Waals surface area (Å²) in [5.74, 6) is -2.25. The average molecular weight is 245 g/mol. The maximum Gasteiger partial charge on any atom is 0.379 e. The van der Waals surface area contributed by atoms with Crippen molar-refractivity contribution in [3.63, 3.8) is 0 Å². The maximum absolute atomic E-state index is 11.4. The predicted octanol–water partition coefficient (Wildman–Crippen LogP) is 1.71. The largest absolute Gasteiger partial charge is 0.504 e. The van der Waals surface area contributed by atoms with Crippen LogP contribution in [0.1, 0.15) is 26.5 Å². The molecule has 6 heteroatoms. The van der Waals surface area contributed by atoms with Crippen LogP contribution in [0.4, 0.5) is 0 Å². The molecule has 1 heterocycles. The van der Waals surface area contributed by atoms with E-state index in [1.54, 1.807) is 26.8 Å². The Morgan fingerprint density at radius 2 is 2.00 bits per heavy atom. The second-order valence-electron chi connectivity index (χ2n) is 4.37. The number of furan rings is 1. The number of carbonyl (C=O) groups excluding carboxylic acids is 2. The van der Waals surface area contributed by atoms with Crippen LogP contribution in [-0.4, -0.2) is 41.3 Å². The standard InChI is InChI=1S/C12H14O5.Li/c1-12(2,3)17-11(15)9(14)7-8(13)10-5-4-6-16-10;/h4-7,13H,1-3H3;/b8-7-;. The number of ketones is 1. The molecule has 1 rings (SSSR count). The van der Waals surface area contributed by atoms with E-state index in [1.165, 1.54) is 12.3 Å². The summed E-state index contributed by atoms with van der Waals surface area (Å²) in [4.78, 5) is 22.7. The topological polar surface area (TPSA) is 76.7 Å². The Kier molecular flexibility index (Phi) is 5.96. The molecular formula is C12H14LiO5. The zero-order valence-corrected chi connectivity index (χ0v) is 10.9. The molecule has 0 aliphatic rings. The van der Waals surface area contributed by atoms with Crippen molar-refractivity contribution in [1.29, 1.82) is 0 Å². The first-order valence-electron chi connectivity index (χ1n) is 5.01. The van der Waals surface area contributed by atoms with Gasteiger partial charge in [0.15, 0.2) is 11.5 Å². The van der Waals surface area contributed by atoms with Crippen molar-refractivity contribution in [1.82, 2.24) is 0 Å². The monoisotopic (exact) mass is 245 g/mol. The van der Waals surface area contributed by atoms with Crippen LogP contribution in [0.3, 0.4) is 0 Å². The maximum atomic E-state index is 11.4. The molecule has 1 aromatic heterocycles. The molecule has 1 N–H and O–H groups in total. The van der Waals surface area contributed by atoms with E-state index in [0.29, 0.717) is 0 Å². The summed E-state index contributed by atoms with van der Waals surface area (Å²) >= 11 is 0. The first kappa shape index (κ1) is 16.6. The third kappa shape index (κ3) is 5.26. The number of aliphatic hydroxyl groups excluding tert-OH is 1. The molecule has 18 heavy (non-hydrogen) atoms. The minimum Gasteiger partial charge on any atom is -0.504 e. The molecule has 1 radical (unpaired) electrons. The summed E-state index contributed by atoms with van der Waals surface area (Å²) < 4.78 is 9.70. The van der Waals surface area contributed by atoms with Crippen LogP contribution >= 0.6 is 0 Å². The number of esters is 1. The number of rotatable bonds is 3. The Hall–Kier alpha value is -1.44. The van der Waals surface area contributed by atoms with E-state index in [2.05, 4.69) is 0 Å². The Balaban J connectivity index is 0.00000289. The van der Waals surface area contributed by atoms with Gasteiger partial charge < -0.3 is 14.3 Å². The van der Waals surface area contributed by atoms with Gasteiger partial charge in [-0.3, -0.25) is 4.79 Å². The summed E-state index contributed by atoms with van der Waals surface area (Å²) in [7, 11) is 0. The normalized spacial score (nSPS) is 11.6. The second kappa shape index (κ2) is 6.48. The summed E-state index contributed by atoms with van der Waals surface area (Å²) in [6.45, 7) is 4.94. The van der Waals surface area contributed by atoms with Crippen LogP contribution in [0.25, 0.3) is 5.76 Å². The van der Waals surface area contributed by atoms with Gasteiger partial charge in [-0.2, -0.15) is 0 Å². The fourth-order valence-corrected chi connectivity index (χ4v) is 1.01. The van der Waals surface area contributed by atoms with Crippen molar-refractivity contribution in [2.45, 2.75) is 26.4 Å². The van der Waals surface area contributed by atoms with Crippen molar-refractivity contribution < 1.29 is 23.8 Å². The fraction of sp³-hybridized carbons (Fsp3) is 0.333. The Morgan fingerprint density at radius 3 is 2.44 bits per heavy atom. The van der Waals surface area contributed by atoms with Gasteiger partial charge in [0.25, 0.3) is 5.78 Å². The predicted molar refractivity (Wildman–Crippen MR) is 65.9 cm³/mol. The molecule has 0 aromatic carbocycles. The summed E-state index contributed by atoms with van der Waals surface area (Å²) in [5, 5.41) is 9.47. The summed E-state index contributed by atoms with van der Waals surface area (Å²) in [6.07, 6.45) is 2.12. The zero-order valence-electron chi connectivity index (χ0n) is 10.9. The third-order valence-corrected chi connectivity index (χ3v) is 1.64. The Bertz CT molecular complexity index is 440. The van der Waals surface area contributed by atoms with E-state index in [4.69, 9.17) is 9.15 Å². The summed E-state index contributed by atoms with van der Waals surface area (Å²) in [6, 6.07) is 3.02. The number of ether oxygens (including phenoxy) is 1. The van der Waals surface area contributed by atoms with Crippen LogP contribution in [0.2, 0.25) is 0 Å². The minimum atomic E-state index is -1.02. The molecule has 0 aliphatic heterocycles. The molecule has 0 saturated heterocycles. The molecule has 5 nitrogen and oxygen atoms in total. The van der Waals surface area contributed by atoms with E-state index in [9.17, 15) is 14.7 Å².